The normalized spacial score (nSPS) is 10.2. The van der Waals surface area contributed by atoms with Crippen LogP contribution in [0.25, 0.3) is 5.70 Å². The molecule has 0 amide bonds. The standard InChI is InChI=1S/C18H30BN/c1-5-7-14-19(15-8-6-2)20-18(16(3)4)17-12-10-9-11-13-17/h9-13,20H,5-8,14-15H2,1-4H3. The smallest absolute Gasteiger partial charge is 0.251 e. The summed E-state index contributed by atoms with van der Waals surface area (Å²) in [4.78, 5) is 0. The fraction of sp³-hybridized carbons (Fsp3) is 0.556. The van der Waals surface area contributed by atoms with Crippen LogP contribution in [-0.4, -0.2) is 6.85 Å². The third kappa shape index (κ3) is 5.86. The van der Waals surface area contributed by atoms with Crippen molar-refractivity contribution in [3.63, 3.8) is 0 Å². The summed E-state index contributed by atoms with van der Waals surface area (Å²) in [6.45, 7) is 9.56. The van der Waals surface area contributed by atoms with Crippen molar-refractivity contribution >= 4 is 12.5 Å². The van der Waals surface area contributed by atoms with E-state index in [1.165, 1.54) is 55.2 Å². The maximum atomic E-state index is 3.82. The van der Waals surface area contributed by atoms with E-state index in [9.17, 15) is 0 Å². The fourth-order valence-electron chi connectivity index (χ4n) is 2.52. The molecular weight excluding hydrogens is 241 g/mol. The van der Waals surface area contributed by atoms with Gasteiger partial charge in [-0.2, -0.15) is 0 Å². The monoisotopic (exact) mass is 271 g/mol. The highest BCUT2D eigenvalue weighted by molar-refractivity contribution is 6.57. The summed E-state index contributed by atoms with van der Waals surface area (Å²) >= 11 is 0. The van der Waals surface area contributed by atoms with Gasteiger partial charge >= 0.3 is 0 Å². The number of allylic oxidation sites excluding steroid dienone is 1. The first-order chi connectivity index (χ1) is 9.69. The second-order valence-corrected chi connectivity index (χ2v) is 5.87. The molecule has 0 unspecified atom stereocenters. The van der Waals surface area contributed by atoms with Crippen LogP contribution in [-0.2, 0) is 0 Å². The highest BCUT2D eigenvalue weighted by atomic mass is 14.8. The second kappa shape index (κ2) is 9.69. The molecule has 1 aromatic carbocycles. The van der Waals surface area contributed by atoms with Crippen LogP contribution in [0.1, 0.15) is 58.9 Å². The van der Waals surface area contributed by atoms with E-state index in [4.69, 9.17) is 0 Å². The van der Waals surface area contributed by atoms with E-state index in [1.807, 2.05) is 0 Å². The fourth-order valence-corrected chi connectivity index (χ4v) is 2.52. The van der Waals surface area contributed by atoms with E-state index in [0.717, 1.165) is 0 Å². The molecule has 0 spiro atoms. The third-order valence-electron chi connectivity index (χ3n) is 3.72. The van der Waals surface area contributed by atoms with Crippen molar-refractivity contribution in [3.8, 4) is 0 Å². The van der Waals surface area contributed by atoms with Crippen molar-refractivity contribution < 1.29 is 0 Å². The van der Waals surface area contributed by atoms with Crippen molar-refractivity contribution in [1.29, 1.82) is 0 Å². The Balaban J connectivity index is 2.78. The Labute approximate surface area is 126 Å². The zero-order valence-electron chi connectivity index (χ0n) is 13.7. The molecule has 1 N–H and O–H groups in total. The van der Waals surface area contributed by atoms with Gasteiger partial charge in [0.05, 0.1) is 0 Å². The van der Waals surface area contributed by atoms with E-state index in [-0.39, 0.29) is 0 Å². The lowest BCUT2D eigenvalue weighted by Crippen LogP contribution is -2.32. The van der Waals surface area contributed by atoms with Crippen molar-refractivity contribution in [2.24, 2.45) is 0 Å². The summed E-state index contributed by atoms with van der Waals surface area (Å²) in [5.41, 5.74) is 4.00. The van der Waals surface area contributed by atoms with Crippen molar-refractivity contribution in [2.75, 3.05) is 0 Å². The van der Waals surface area contributed by atoms with E-state index in [0.29, 0.717) is 6.85 Å². The van der Waals surface area contributed by atoms with Gasteiger partial charge in [0.25, 0.3) is 6.85 Å². The summed E-state index contributed by atoms with van der Waals surface area (Å²) in [5.74, 6) is 0. The Morgan fingerprint density at radius 3 is 1.95 bits per heavy atom. The van der Waals surface area contributed by atoms with E-state index < -0.39 is 0 Å². The van der Waals surface area contributed by atoms with Gasteiger partial charge in [-0.1, -0.05) is 88.1 Å². The second-order valence-electron chi connectivity index (χ2n) is 5.87. The Bertz CT molecular complexity index is 385. The first-order valence-corrected chi connectivity index (χ1v) is 8.18. The van der Waals surface area contributed by atoms with E-state index in [1.54, 1.807) is 0 Å². The molecule has 0 fully saturated rings. The van der Waals surface area contributed by atoms with Gasteiger partial charge in [-0.15, -0.1) is 0 Å². The summed E-state index contributed by atoms with van der Waals surface area (Å²) in [7, 11) is 0. The van der Waals surface area contributed by atoms with Crippen LogP contribution in [0.15, 0.2) is 35.9 Å². The number of hydrogen-bond acceptors (Lipinski definition) is 1. The van der Waals surface area contributed by atoms with Crippen molar-refractivity contribution in [1.82, 2.24) is 5.23 Å². The predicted octanol–water partition coefficient (Wildman–Crippen LogP) is 5.62. The van der Waals surface area contributed by atoms with Gasteiger partial charge in [0.15, 0.2) is 0 Å². The van der Waals surface area contributed by atoms with Crippen LogP contribution in [0.5, 0.6) is 0 Å². The Kier molecular flexibility index (Phi) is 8.17. The van der Waals surface area contributed by atoms with Crippen LogP contribution >= 0.6 is 0 Å². The summed E-state index contributed by atoms with van der Waals surface area (Å²) < 4.78 is 0. The summed E-state index contributed by atoms with van der Waals surface area (Å²) in [6.07, 6.45) is 7.73. The molecule has 0 saturated carbocycles. The molecule has 110 valence electrons. The minimum absolute atomic E-state index is 0.611. The van der Waals surface area contributed by atoms with Crippen LogP contribution in [0, 0.1) is 0 Å². The molecule has 1 rings (SSSR count). The molecule has 1 nitrogen and oxygen atoms in total. The lowest BCUT2D eigenvalue weighted by atomic mass is 9.54. The molecule has 0 aromatic heterocycles. The first kappa shape index (κ1) is 16.9. The number of unbranched alkanes of at least 4 members (excludes halogenated alkanes) is 2. The number of rotatable bonds is 9. The van der Waals surface area contributed by atoms with Gasteiger partial charge in [-0.05, 0) is 19.4 Å². The maximum Gasteiger partial charge on any atom is 0.251 e. The third-order valence-corrected chi connectivity index (χ3v) is 3.72. The maximum absolute atomic E-state index is 3.82. The molecule has 0 atom stereocenters. The van der Waals surface area contributed by atoms with Gasteiger partial charge in [0, 0.05) is 5.70 Å². The molecule has 0 saturated heterocycles. The molecule has 0 radical (unpaired) electrons. The van der Waals surface area contributed by atoms with E-state index >= 15 is 0 Å². The number of nitrogens with one attached hydrogen (secondary N) is 1. The summed E-state index contributed by atoms with van der Waals surface area (Å²) in [5, 5.41) is 3.82. The van der Waals surface area contributed by atoms with Crippen LogP contribution < -0.4 is 5.23 Å². The van der Waals surface area contributed by atoms with Crippen molar-refractivity contribution in [3.05, 3.63) is 41.5 Å². The molecule has 2 heteroatoms. The van der Waals surface area contributed by atoms with Crippen molar-refractivity contribution in [2.45, 2.75) is 66.0 Å². The SMILES string of the molecule is CCCCB(CCCC)NC(=C(C)C)c1ccccc1. The quantitative estimate of drug-likeness (QED) is 0.575. The average molecular weight is 271 g/mol. The van der Waals surface area contributed by atoms with Gasteiger partial charge in [-0.25, -0.2) is 0 Å². The Morgan fingerprint density at radius 2 is 1.50 bits per heavy atom. The van der Waals surface area contributed by atoms with Gasteiger partial charge in [-0.3, -0.25) is 0 Å². The zero-order valence-corrected chi connectivity index (χ0v) is 13.7. The lowest BCUT2D eigenvalue weighted by Gasteiger charge is -2.20. The van der Waals surface area contributed by atoms with Crippen LogP contribution in [0.3, 0.4) is 0 Å². The highest BCUT2D eigenvalue weighted by Gasteiger charge is 2.15. The Morgan fingerprint density at radius 1 is 0.950 bits per heavy atom. The van der Waals surface area contributed by atoms with Crippen LogP contribution in [0.2, 0.25) is 12.6 Å². The summed E-state index contributed by atoms with van der Waals surface area (Å²) in [6, 6.07) is 10.7. The number of hydrogen-bond donors (Lipinski definition) is 1. The highest BCUT2D eigenvalue weighted by Crippen LogP contribution is 2.18. The lowest BCUT2D eigenvalue weighted by molar-refractivity contribution is 0.831. The predicted molar refractivity (Wildman–Crippen MR) is 93.0 cm³/mol. The topological polar surface area (TPSA) is 12.0 Å². The zero-order chi connectivity index (χ0) is 14.8. The first-order valence-electron chi connectivity index (χ1n) is 8.18. The molecule has 0 aliphatic rings. The van der Waals surface area contributed by atoms with Gasteiger partial charge in [0.1, 0.15) is 0 Å². The molecule has 20 heavy (non-hydrogen) atoms. The van der Waals surface area contributed by atoms with Crippen LogP contribution in [0.4, 0.5) is 0 Å². The molecule has 0 heterocycles. The largest absolute Gasteiger partial charge is 0.427 e. The minimum atomic E-state index is 0.611. The average Bonchev–Trinajstić information content (AvgIpc) is 2.47. The molecular formula is C18H30BN. The minimum Gasteiger partial charge on any atom is -0.427 e. The molecule has 0 aliphatic heterocycles. The molecule has 0 bridgehead atoms. The van der Waals surface area contributed by atoms with Gasteiger partial charge in [0.2, 0.25) is 0 Å². The molecule has 0 aliphatic carbocycles. The van der Waals surface area contributed by atoms with E-state index in [2.05, 4.69) is 63.3 Å². The molecule has 1 aromatic rings. The Hall–Kier alpha value is -1.18. The van der Waals surface area contributed by atoms with Gasteiger partial charge < -0.3 is 5.23 Å². The number of benzene rings is 1.